The third-order valence-corrected chi connectivity index (χ3v) is 4.65. The van der Waals surface area contributed by atoms with Gasteiger partial charge in [0, 0.05) is 10.6 Å². The largest absolute Gasteiger partial charge is 0.493 e. The normalized spacial score (nSPS) is 16.8. The maximum atomic E-state index is 12.8. The van der Waals surface area contributed by atoms with Crippen LogP contribution in [0.5, 0.6) is 5.75 Å². The number of benzene rings is 2. The molecule has 0 amide bonds. The average molecular weight is 284 g/mol. The van der Waals surface area contributed by atoms with E-state index < -0.39 is 0 Å². The van der Waals surface area contributed by atoms with Crippen molar-refractivity contribution < 1.29 is 9.53 Å². The summed E-state index contributed by atoms with van der Waals surface area (Å²) in [6, 6.07) is 15.7. The van der Waals surface area contributed by atoms with Crippen molar-refractivity contribution in [1.82, 2.24) is 0 Å². The second kappa shape index (κ2) is 5.71. The van der Waals surface area contributed by atoms with E-state index in [4.69, 9.17) is 4.74 Å². The van der Waals surface area contributed by atoms with E-state index in [0.29, 0.717) is 17.9 Å². The lowest BCUT2D eigenvalue weighted by Gasteiger charge is -2.13. The molecule has 1 aliphatic rings. The Balaban J connectivity index is 1.95. The van der Waals surface area contributed by atoms with Crippen LogP contribution < -0.4 is 4.74 Å². The molecular formula is C17H16O2S. The number of carbonyl (C=O) groups is 1. The van der Waals surface area contributed by atoms with E-state index in [1.165, 1.54) is 4.90 Å². The lowest BCUT2D eigenvalue weighted by Crippen LogP contribution is -2.14. The highest BCUT2D eigenvalue weighted by Gasteiger charge is 2.30. The Kier molecular flexibility index (Phi) is 3.79. The van der Waals surface area contributed by atoms with Gasteiger partial charge in [0.05, 0.1) is 18.1 Å². The molecule has 1 aliphatic heterocycles. The monoisotopic (exact) mass is 284 g/mol. The molecule has 2 aromatic carbocycles. The number of Topliss-reactive ketones (excluding diaryl/α,β-unsaturated/α-hetero) is 1. The number of fused-ring (bicyclic) bond motifs is 1. The van der Waals surface area contributed by atoms with Crippen LogP contribution in [0.15, 0.2) is 53.4 Å². The predicted octanol–water partition coefficient (Wildman–Crippen LogP) is 4.16. The Morgan fingerprint density at radius 2 is 1.95 bits per heavy atom. The fourth-order valence-corrected chi connectivity index (χ4v) is 3.75. The Morgan fingerprint density at radius 3 is 2.80 bits per heavy atom. The Labute approximate surface area is 123 Å². The van der Waals surface area contributed by atoms with Crippen LogP contribution in [0.4, 0.5) is 0 Å². The molecule has 0 bridgehead atoms. The number of hydrogen-bond donors (Lipinski definition) is 0. The van der Waals surface area contributed by atoms with Crippen molar-refractivity contribution in [2.24, 2.45) is 0 Å². The van der Waals surface area contributed by atoms with Gasteiger partial charge in [-0.25, -0.2) is 0 Å². The van der Waals surface area contributed by atoms with Gasteiger partial charge in [-0.3, -0.25) is 4.79 Å². The summed E-state index contributed by atoms with van der Waals surface area (Å²) >= 11 is 1.76. The van der Waals surface area contributed by atoms with Crippen LogP contribution in [-0.4, -0.2) is 18.1 Å². The van der Waals surface area contributed by atoms with E-state index in [2.05, 4.69) is 12.1 Å². The van der Waals surface area contributed by atoms with Crippen LogP contribution >= 0.6 is 11.8 Å². The molecular weight excluding hydrogens is 268 g/mol. The first kappa shape index (κ1) is 13.3. The predicted molar refractivity (Wildman–Crippen MR) is 81.8 cm³/mol. The standard InChI is InChI=1S/C17H16O2S/c1-2-19-15-9-5-3-8-13(15)17(18)14-11-20-16-10-6-4-7-12(14)16/h3-10,14H,2,11H2,1H3. The van der Waals surface area contributed by atoms with Crippen molar-refractivity contribution in [2.75, 3.05) is 12.4 Å². The van der Waals surface area contributed by atoms with Gasteiger partial charge in [0.1, 0.15) is 5.75 Å². The Hall–Kier alpha value is -1.74. The van der Waals surface area contributed by atoms with Crippen molar-refractivity contribution in [3.8, 4) is 5.75 Å². The van der Waals surface area contributed by atoms with Crippen molar-refractivity contribution in [3.05, 3.63) is 59.7 Å². The molecule has 0 spiro atoms. The van der Waals surface area contributed by atoms with Gasteiger partial charge in [-0.2, -0.15) is 0 Å². The van der Waals surface area contributed by atoms with Gasteiger partial charge in [-0.15, -0.1) is 11.8 Å². The first-order chi connectivity index (χ1) is 9.81. The second-order valence-corrected chi connectivity index (χ2v) is 5.76. The highest BCUT2D eigenvalue weighted by Crippen LogP contribution is 2.41. The van der Waals surface area contributed by atoms with E-state index in [-0.39, 0.29) is 11.7 Å². The van der Waals surface area contributed by atoms with Crippen LogP contribution in [0.2, 0.25) is 0 Å². The zero-order chi connectivity index (χ0) is 13.9. The molecule has 102 valence electrons. The Morgan fingerprint density at radius 1 is 1.20 bits per heavy atom. The summed E-state index contributed by atoms with van der Waals surface area (Å²) in [4.78, 5) is 14.0. The molecule has 0 N–H and O–H groups in total. The van der Waals surface area contributed by atoms with Gasteiger partial charge < -0.3 is 4.74 Å². The number of thioether (sulfide) groups is 1. The molecule has 3 rings (SSSR count). The quantitative estimate of drug-likeness (QED) is 0.789. The molecule has 20 heavy (non-hydrogen) atoms. The molecule has 0 saturated heterocycles. The number of rotatable bonds is 4. The molecule has 1 heterocycles. The molecule has 1 unspecified atom stereocenters. The van der Waals surface area contributed by atoms with Gasteiger partial charge in [0.25, 0.3) is 0 Å². The van der Waals surface area contributed by atoms with E-state index in [1.807, 2.05) is 43.3 Å². The summed E-state index contributed by atoms with van der Waals surface area (Å²) < 4.78 is 5.58. The van der Waals surface area contributed by atoms with Gasteiger partial charge in [0.2, 0.25) is 0 Å². The maximum absolute atomic E-state index is 12.8. The van der Waals surface area contributed by atoms with Crippen LogP contribution in [0.25, 0.3) is 0 Å². The van der Waals surface area contributed by atoms with E-state index >= 15 is 0 Å². The topological polar surface area (TPSA) is 26.3 Å². The van der Waals surface area contributed by atoms with E-state index in [9.17, 15) is 4.79 Å². The lowest BCUT2D eigenvalue weighted by atomic mass is 9.92. The molecule has 1 atom stereocenters. The summed E-state index contributed by atoms with van der Waals surface area (Å²) in [5.41, 5.74) is 1.84. The van der Waals surface area contributed by atoms with Gasteiger partial charge >= 0.3 is 0 Å². The van der Waals surface area contributed by atoms with Crippen molar-refractivity contribution in [3.63, 3.8) is 0 Å². The third kappa shape index (κ3) is 2.34. The Bertz CT molecular complexity index is 636. The van der Waals surface area contributed by atoms with Crippen LogP contribution in [0.1, 0.15) is 28.8 Å². The smallest absolute Gasteiger partial charge is 0.174 e. The molecule has 0 aromatic heterocycles. The molecule has 2 aromatic rings. The second-order valence-electron chi connectivity index (χ2n) is 4.69. The van der Waals surface area contributed by atoms with E-state index in [1.54, 1.807) is 11.8 Å². The first-order valence-corrected chi connectivity index (χ1v) is 7.77. The highest BCUT2D eigenvalue weighted by molar-refractivity contribution is 7.99. The average Bonchev–Trinajstić information content (AvgIpc) is 2.91. The third-order valence-electron chi connectivity index (χ3n) is 3.47. The van der Waals surface area contributed by atoms with Crippen molar-refractivity contribution in [1.29, 1.82) is 0 Å². The summed E-state index contributed by atoms with van der Waals surface area (Å²) in [5, 5.41) is 0. The summed E-state index contributed by atoms with van der Waals surface area (Å²) in [6.45, 7) is 2.50. The molecule has 0 saturated carbocycles. The number of para-hydroxylation sites is 1. The van der Waals surface area contributed by atoms with E-state index in [0.717, 1.165) is 11.3 Å². The maximum Gasteiger partial charge on any atom is 0.174 e. The minimum atomic E-state index is -0.0576. The van der Waals surface area contributed by atoms with Gasteiger partial charge in [-0.1, -0.05) is 30.3 Å². The molecule has 0 fully saturated rings. The SMILES string of the molecule is CCOc1ccccc1C(=O)C1CSc2ccccc21. The van der Waals surface area contributed by atoms with Crippen LogP contribution in [0, 0.1) is 0 Å². The van der Waals surface area contributed by atoms with Crippen molar-refractivity contribution >= 4 is 17.5 Å². The summed E-state index contributed by atoms with van der Waals surface area (Å²) in [5.74, 6) is 1.61. The van der Waals surface area contributed by atoms with Crippen LogP contribution in [-0.2, 0) is 0 Å². The minimum Gasteiger partial charge on any atom is -0.493 e. The zero-order valence-corrected chi connectivity index (χ0v) is 12.2. The molecule has 2 nitrogen and oxygen atoms in total. The minimum absolute atomic E-state index is 0.0576. The lowest BCUT2D eigenvalue weighted by molar-refractivity contribution is 0.0964. The highest BCUT2D eigenvalue weighted by atomic mass is 32.2. The summed E-state index contributed by atoms with van der Waals surface area (Å²) in [7, 11) is 0. The fourth-order valence-electron chi connectivity index (χ4n) is 2.52. The number of ether oxygens (including phenoxy) is 1. The fraction of sp³-hybridized carbons (Fsp3) is 0.235. The number of ketones is 1. The van der Waals surface area contributed by atoms with Crippen LogP contribution in [0.3, 0.4) is 0 Å². The van der Waals surface area contributed by atoms with Crippen molar-refractivity contribution in [2.45, 2.75) is 17.7 Å². The number of carbonyl (C=O) groups excluding carboxylic acids is 1. The molecule has 0 aliphatic carbocycles. The first-order valence-electron chi connectivity index (χ1n) is 6.79. The summed E-state index contributed by atoms with van der Waals surface area (Å²) in [6.07, 6.45) is 0. The number of hydrogen-bond acceptors (Lipinski definition) is 3. The van der Waals surface area contributed by atoms with Gasteiger partial charge in [0.15, 0.2) is 5.78 Å². The zero-order valence-electron chi connectivity index (χ0n) is 11.3. The molecule has 3 heteroatoms. The van der Waals surface area contributed by atoms with Gasteiger partial charge in [-0.05, 0) is 30.7 Å². The molecule has 0 radical (unpaired) electrons.